The van der Waals surface area contributed by atoms with Gasteiger partial charge >= 0.3 is 12.0 Å². The van der Waals surface area contributed by atoms with Crippen LogP contribution in [0, 0.1) is 0 Å². The molecule has 0 fully saturated rings. The molecule has 1 aliphatic heterocycles. The summed E-state index contributed by atoms with van der Waals surface area (Å²) in [6, 6.07) is 15.2. The molecule has 3 aromatic rings. The molecule has 0 atom stereocenters. The van der Waals surface area contributed by atoms with E-state index in [1.807, 2.05) is 0 Å². The van der Waals surface area contributed by atoms with Gasteiger partial charge in [0.15, 0.2) is 0 Å². The number of benzene rings is 3. The molecule has 0 radical (unpaired) electrons. The van der Waals surface area contributed by atoms with Crippen LogP contribution in [-0.2, 0) is 11.3 Å². The lowest BCUT2D eigenvalue weighted by Crippen LogP contribution is -2.48. The summed E-state index contributed by atoms with van der Waals surface area (Å²) >= 11 is 0. The zero-order chi connectivity index (χ0) is 26.0. The molecule has 11 heteroatoms. The van der Waals surface area contributed by atoms with Crippen LogP contribution in [0.5, 0.6) is 17.2 Å². The molecular weight excluding hydrogens is 488 g/mol. The van der Waals surface area contributed by atoms with Crippen molar-refractivity contribution in [1.29, 1.82) is 0 Å². The molecule has 0 saturated heterocycles. The van der Waals surface area contributed by atoms with Gasteiger partial charge < -0.3 is 18.9 Å². The summed E-state index contributed by atoms with van der Waals surface area (Å²) < 4.78 is 44.5. The fourth-order valence-electron chi connectivity index (χ4n) is 3.97. The molecule has 190 valence electrons. The average molecular weight is 515 g/mol. The molecule has 3 aromatic carbocycles. The lowest BCUT2D eigenvalue weighted by Gasteiger charge is -2.49. The van der Waals surface area contributed by atoms with Crippen LogP contribution < -0.4 is 23.4 Å². The minimum Gasteiger partial charge on any atom is -0.497 e. The van der Waals surface area contributed by atoms with E-state index < -0.39 is 22.8 Å². The maximum absolute atomic E-state index is 13.9. The Morgan fingerprint density at radius 3 is 2.17 bits per heavy atom. The molecule has 0 saturated carbocycles. The lowest BCUT2D eigenvalue weighted by molar-refractivity contribution is 0.0600. The van der Waals surface area contributed by atoms with Crippen molar-refractivity contribution in [2.75, 3.05) is 37.6 Å². The number of hydrogen-bond acceptors (Lipinski definition) is 8. The summed E-state index contributed by atoms with van der Waals surface area (Å²) in [7, 11) is 1.89. The molecule has 0 unspecified atom stereocenters. The van der Waals surface area contributed by atoms with Gasteiger partial charge in [0, 0.05) is 23.8 Å². The van der Waals surface area contributed by atoms with Gasteiger partial charge in [-0.05, 0) is 30.3 Å². The SMILES string of the molecule is COC(=O)c1ccc(OC)c(CN2C(=O)N(c3cc(OC)cc(OC)c3)S(O)(O)c3ccccc32)c1. The van der Waals surface area contributed by atoms with E-state index in [9.17, 15) is 18.7 Å². The number of carbonyl (C=O) groups excluding carboxylic acids is 2. The van der Waals surface area contributed by atoms with Gasteiger partial charge in [-0.1, -0.05) is 22.9 Å². The molecule has 36 heavy (non-hydrogen) atoms. The Morgan fingerprint density at radius 2 is 1.56 bits per heavy atom. The normalized spacial score (nSPS) is 15.1. The second-order valence-electron chi connectivity index (χ2n) is 7.74. The van der Waals surface area contributed by atoms with Crippen molar-refractivity contribution in [3.63, 3.8) is 0 Å². The number of nitrogens with zero attached hydrogens (tertiary/aromatic N) is 2. The van der Waals surface area contributed by atoms with E-state index in [1.54, 1.807) is 48.5 Å². The van der Waals surface area contributed by atoms with Crippen molar-refractivity contribution in [3.05, 3.63) is 71.8 Å². The fraction of sp³-hybridized carbons (Fsp3) is 0.200. The quantitative estimate of drug-likeness (QED) is 0.415. The zero-order valence-corrected chi connectivity index (χ0v) is 20.9. The number of carbonyl (C=O) groups is 2. The Balaban J connectivity index is 1.87. The first-order chi connectivity index (χ1) is 17.2. The first-order valence-electron chi connectivity index (χ1n) is 10.7. The Bertz CT molecular complexity index is 1290. The summed E-state index contributed by atoms with van der Waals surface area (Å²) in [6.45, 7) is -0.0308. The highest BCUT2D eigenvalue weighted by Crippen LogP contribution is 2.60. The summed E-state index contributed by atoms with van der Waals surface area (Å²) in [5, 5.41) is 0. The molecule has 0 aromatic heterocycles. The molecule has 2 N–H and O–H groups in total. The van der Waals surface area contributed by atoms with Crippen molar-refractivity contribution >= 4 is 34.2 Å². The number of hydrogen-bond donors (Lipinski definition) is 2. The summed E-state index contributed by atoms with van der Waals surface area (Å²) in [5.74, 6) is 0.638. The molecule has 0 aliphatic carbocycles. The Labute approximate surface area is 210 Å². The van der Waals surface area contributed by atoms with Crippen molar-refractivity contribution in [3.8, 4) is 17.2 Å². The van der Waals surface area contributed by atoms with E-state index in [-0.39, 0.29) is 22.7 Å². The van der Waals surface area contributed by atoms with E-state index in [4.69, 9.17) is 18.9 Å². The summed E-state index contributed by atoms with van der Waals surface area (Å²) in [5.41, 5.74) is 1.29. The monoisotopic (exact) mass is 514 g/mol. The van der Waals surface area contributed by atoms with Crippen molar-refractivity contribution in [2.45, 2.75) is 11.4 Å². The second kappa shape index (κ2) is 9.97. The smallest absolute Gasteiger partial charge is 0.348 e. The van der Waals surface area contributed by atoms with Gasteiger partial charge in [0.05, 0.1) is 51.9 Å². The third-order valence-electron chi connectivity index (χ3n) is 5.71. The highest BCUT2D eigenvalue weighted by Gasteiger charge is 2.43. The highest BCUT2D eigenvalue weighted by molar-refractivity contribution is 8.26. The Morgan fingerprint density at radius 1 is 0.889 bits per heavy atom. The van der Waals surface area contributed by atoms with Gasteiger partial charge in [-0.25, -0.2) is 9.59 Å². The lowest BCUT2D eigenvalue weighted by atomic mass is 10.1. The first kappa shape index (κ1) is 25.2. The van der Waals surface area contributed by atoms with Crippen LogP contribution >= 0.6 is 10.8 Å². The van der Waals surface area contributed by atoms with E-state index >= 15 is 0 Å². The number of rotatable bonds is 7. The fourth-order valence-corrected chi connectivity index (χ4v) is 5.60. The maximum Gasteiger partial charge on any atom is 0.348 e. The molecular formula is C25H26N2O8S. The molecule has 0 bridgehead atoms. The topological polar surface area (TPSA) is 118 Å². The predicted molar refractivity (Wildman–Crippen MR) is 135 cm³/mol. The van der Waals surface area contributed by atoms with Crippen molar-refractivity contribution in [1.82, 2.24) is 0 Å². The molecule has 2 amide bonds. The minimum atomic E-state index is -3.78. The second-order valence-corrected chi connectivity index (χ2v) is 9.58. The Kier molecular flexibility index (Phi) is 6.97. The van der Waals surface area contributed by atoms with Gasteiger partial charge in [0.25, 0.3) is 0 Å². The number of methoxy groups -OCH3 is 4. The number of urea groups is 1. The number of para-hydroxylation sites is 1. The van der Waals surface area contributed by atoms with E-state index in [1.165, 1.54) is 45.5 Å². The van der Waals surface area contributed by atoms with Crippen LogP contribution in [0.2, 0.25) is 0 Å². The number of ether oxygens (including phenoxy) is 4. The summed E-state index contributed by atoms with van der Waals surface area (Å²) in [6.07, 6.45) is 0. The van der Waals surface area contributed by atoms with E-state index in [0.717, 1.165) is 4.31 Å². The van der Waals surface area contributed by atoms with E-state index in [0.29, 0.717) is 28.5 Å². The minimum absolute atomic E-state index is 0.0308. The van der Waals surface area contributed by atoms with Crippen molar-refractivity contribution in [2.24, 2.45) is 0 Å². The van der Waals surface area contributed by atoms with Crippen LogP contribution in [0.4, 0.5) is 16.2 Å². The van der Waals surface area contributed by atoms with Gasteiger partial charge in [0.1, 0.15) is 22.1 Å². The highest BCUT2D eigenvalue weighted by atomic mass is 32.3. The molecule has 1 heterocycles. The molecule has 10 nitrogen and oxygen atoms in total. The molecule has 4 rings (SSSR count). The van der Waals surface area contributed by atoms with Gasteiger partial charge in [0.2, 0.25) is 0 Å². The van der Waals surface area contributed by atoms with Crippen molar-refractivity contribution < 1.29 is 37.6 Å². The maximum atomic E-state index is 13.9. The predicted octanol–water partition coefficient (Wildman–Crippen LogP) is 5.17. The molecule has 0 spiro atoms. The summed E-state index contributed by atoms with van der Waals surface area (Å²) in [4.78, 5) is 27.6. The van der Waals surface area contributed by atoms with Gasteiger partial charge in [-0.3, -0.25) is 14.0 Å². The number of anilines is 2. The average Bonchev–Trinajstić information content (AvgIpc) is 2.90. The van der Waals surface area contributed by atoms with Crippen LogP contribution in [-0.4, -0.2) is 49.5 Å². The van der Waals surface area contributed by atoms with Crippen LogP contribution in [0.3, 0.4) is 0 Å². The third kappa shape index (κ3) is 4.39. The molecule has 1 aliphatic rings. The van der Waals surface area contributed by atoms with Crippen LogP contribution in [0.15, 0.2) is 65.6 Å². The number of esters is 1. The van der Waals surface area contributed by atoms with Crippen LogP contribution in [0.25, 0.3) is 0 Å². The van der Waals surface area contributed by atoms with Gasteiger partial charge in [-0.2, -0.15) is 4.31 Å². The standard InChI is InChI=1S/C25H26N2O8S/c1-32-19-12-18(13-20(14-19)33-2)27-25(29)26(21-7-5-6-8-23(21)36(27,30)31)15-17-11-16(24(28)35-4)9-10-22(17)34-3/h5-14,30-31H,15H2,1-4H3. The third-order valence-corrected chi connectivity index (χ3v) is 7.52. The van der Waals surface area contributed by atoms with E-state index in [2.05, 4.69) is 0 Å². The zero-order valence-electron chi connectivity index (χ0n) is 20.1. The Hall–Kier alpha value is -3.93. The first-order valence-corrected chi connectivity index (χ1v) is 12.2. The number of fused-ring (bicyclic) bond motifs is 1. The van der Waals surface area contributed by atoms with Gasteiger partial charge in [-0.15, -0.1) is 0 Å². The van der Waals surface area contributed by atoms with Crippen LogP contribution in [0.1, 0.15) is 15.9 Å². The number of amides is 2. The largest absolute Gasteiger partial charge is 0.497 e.